The minimum absolute atomic E-state index is 0.0873. The molecule has 0 amide bonds. The second kappa shape index (κ2) is 5.05. The molecule has 1 aliphatic rings. The highest BCUT2D eigenvalue weighted by atomic mass is 19.1. The van der Waals surface area contributed by atoms with Gasteiger partial charge in [0.2, 0.25) is 0 Å². The van der Waals surface area contributed by atoms with Gasteiger partial charge in [0.05, 0.1) is 17.4 Å². The Balaban J connectivity index is 1.92. The van der Waals surface area contributed by atoms with E-state index in [-0.39, 0.29) is 17.9 Å². The lowest BCUT2D eigenvalue weighted by Crippen LogP contribution is -2.26. The predicted molar refractivity (Wildman–Crippen MR) is 83.5 cm³/mol. The number of halogens is 1. The Morgan fingerprint density at radius 1 is 1.09 bits per heavy atom. The van der Waals surface area contributed by atoms with Crippen molar-refractivity contribution in [2.24, 2.45) is 0 Å². The molecule has 1 fully saturated rings. The topological polar surface area (TPSA) is 34.9 Å². The van der Waals surface area contributed by atoms with Crippen LogP contribution in [0.15, 0.2) is 53.3 Å². The second-order valence-electron chi connectivity index (χ2n) is 5.74. The van der Waals surface area contributed by atoms with E-state index in [0.717, 1.165) is 24.2 Å². The van der Waals surface area contributed by atoms with Gasteiger partial charge in [0.15, 0.2) is 0 Å². The Labute approximate surface area is 127 Å². The SMILES string of the molecule is O=c1c2ccccc2nc(C2CC2)n1Cc1ccccc1F. The first-order valence-corrected chi connectivity index (χ1v) is 7.47. The van der Waals surface area contributed by atoms with Gasteiger partial charge in [-0.2, -0.15) is 0 Å². The van der Waals surface area contributed by atoms with Crippen LogP contribution in [0.25, 0.3) is 10.9 Å². The number of rotatable bonds is 3. The quantitative estimate of drug-likeness (QED) is 0.741. The average Bonchev–Trinajstić information content (AvgIpc) is 3.36. The fraction of sp³-hybridized carbons (Fsp3) is 0.222. The summed E-state index contributed by atoms with van der Waals surface area (Å²) in [7, 11) is 0. The van der Waals surface area contributed by atoms with Gasteiger partial charge in [-0.15, -0.1) is 0 Å². The minimum atomic E-state index is -0.288. The summed E-state index contributed by atoms with van der Waals surface area (Å²) < 4.78 is 15.6. The number of benzene rings is 2. The van der Waals surface area contributed by atoms with Gasteiger partial charge >= 0.3 is 0 Å². The van der Waals surface area contributed by atoms with Crippen molar-refractivity contribution in [3.05, 3.63) is 76.1 Å². The molecule has 0 spiro atoms. The molecule has 3 nitrogen and oxygen atoms in total. The smallest absolute Gasteiger partial charge is 0.261 e. The van der Waals surface area contributed by atoms with E-state index < -0.39 is 0 Å². The minimum Gasteiger partial charge on any atom is -0.291 e. The van der Waals surface area contributed by atoms with Crippen molar-refractivity contribution >= 4 is 10.9 Å². The fourth-order valence-corrected chi connectivity index (χ4v) is 2.79. The summed E-state index contributed by atoms with van der Waals surface area (Å²) in [6.07, 6.45) is 2.09. The average molecular weight is 294 g/mol. The van der Waals surface area contributed by atoms with Crippen molar-refractivity contribution in [2.45, 2.75) is 25.3 Å². The Hall–Kier alpha value is -2.49. The predicted octanol–water partition coefficient (Wildman–Crippen LogP) is 3.46. The lowest BCUT2D eigenvalue weighted by atomic mass is 10.2. The first-order valence-electron chi connectivity index (χ1n) is 7.47. The lowest BCUT2D eigenvalue weighted by Gasteiger charge is -2.13. The van der Waals surface area contributed by atoms with Gasteiger partial charge in [-0.3, -0.25) is 9.36 Å². The number of aromatic nitrogens is 2. The molecule has 22 heavy (non-hydrogen) atoms. The van der Waals surface area contributed by atoms with Crippen molar-refractivity contribution in [3.63, 3.8) is 0 Å². The monoisotopic (exact) mass is 294 g/mol. The summed E-state index contributed by atoms with van der Waals surface area (Å²) in [5.41, 5.74) is 1.15. The van der Waals surface area contributed by atoms with Crippen LogP contribution in [0.3, 0.4) is 0 Å². The number of fused-ring (bicyclic) bond motifs is 1. The second-order valence-corrected chi connectivity index (χ2v) is 5.74. The standard InChI is InChI=1S/C18H15FN2O/c19-15-7-3-1-5-13(15)11-21-17(12-9-10-12)20-16-8-4-2-6-14(16)18(21)22/h1-8,12H,9-11H2. The molecule has 0 unspecified atom stereocenters. The van der Waals surface area contributed by atoms with Crippen LogP contribution in [0.4, 0.5) is 4.39 Å². The Morgan fingerprint density at radius 3 is 2.59 bits per heavy atom. The van der Waals surface area contributed by atoms with E-state index >= 15 is 0 Å². The van der Waals surface area contributed by atoms with Gasteiger partial charge in [-0.05, 0) is 31.0 Å². The molecule has 0 radical (unpaired) electrons. The maximum absolute atomic E-state index is 13.9. The molecule has 1 saturated carbocycles. The summed E-state index contributed by atoms with van der Waals surface area (Å²) in [4.78, 5) is 17.5. The first-order chi connectivity index (χ1) is 10.7. The van der Waals surface area contributed by atoms with E-state index in [2.05, 4.69) is 4.98 Å². The van der Waals surface area contributed by atoms with Crippen molar-refractivity contribution in [1.82, 2.24) is 9.55 Å². The van der Waals surface area contributed by atoms with Crippen molar-refractivity contribution in [3.8, 4) is 0 Å². The van der Waals surface area contributed by atoms with Crippen LogP contribution in [0, 0.1) is 5.82 Å². The molecule has 1 aromatic heterocycles. The molecule has 0 saturated heterocycles. The van der Waals surface area contributed by atoms with Crippen LogP contribution in [-0.2, 0) is 6.54 Å². The van der Waals surface area contributed by atoms with Gasteiger partial charge in [0.1, 0.15) is 11.6 Å². The summed E-state index contributed by atoms with van der Waals surface area (Å²) in [6, 6.07) is 13.9. The number of hydrogen-bond acceptors (Lipinski definition) is 2. The molecule has 1 heterocycles. The molecule has 4 heteroatoms. The fourth-order valence-electron chi connectivity index (χ4n) is 2.79. The summed E-state index contributed by atoms with van der Waals surface area (Å²) >= 11 is 0. The molecule has 3 aromatic rings. The third-order valence-corrected chi connectivity index (χ3v) is 4.12. The molecular weight excluding hydrogens is 279 g/mol. The zero-order chi connectivity index (χ0) is 15.1. The molecule has 1 aliphatic carbocycles. The van der Waals surface area contributed by atoms with Crippen molar-refractivity contribution in [1.29, 1.82) is 0 Å². The van der Waals surface area contributed by atoms with Crippen LogP contribution < -0.4 is 5.56 Å². The van der Waals surface area contributed by atoms with E-state index in [1.807, 2.05) is 18.2 Å². The molecule has 4 rings (SSSR count). The third kappa shape index (κ3) is 2.21. The van der Waals surface area contributed by atoms with Gasteiger partial charge < -0.3 is 0 Å². The van der Waals surface area contributed by atoms with E-state index in [9.17, 15) is 9.18 Å². The van der Waals surface area contributed by atoms with E-state index in [4.69, 9.17) is 0 Å². The highest BCUT2D eigenvalue weighted by Gasteiger charge is 2.29. The highest BCUT2D eigenvalue weighted by Crippen LogP contribution is 2.39. The van der Waals surface area contributed by atoms with Gasteiger partial charge in [-0.25, -0.2) is 9.37 Å². The Kier molecular flexibility index (Phi) is 3.03. The summed E-state index contributed by atoms with van der Waals surface area (Å²) in [6.45, 7) is 0.231. The number of nitrogens with zero attached hydrogens (tertiary/aromatic N) is 2. The first kappa shape index (κ1) is 13.2. The molecular formula is C18H15FN2O. The molecule has 0 aliphatic heterocycles. The number of para-hydroxylation sites is 1. The van der Waals surface area contributed by atoms with Crippen LogP contribution >= 0.6 is 0 Å². The normalized spacial score (nSPS) is 14.4. The molecule has 0 bridgehead atoms. The van der Waals surface area contributed by atoms with Gasteiger partial charge in [0.25, 0.3) is 5.56 Å². The third-order valence-electron chi connectivity index (χ3n) is 4.12. The van der Waals surface area contributed by atoms with Gasteiger partial charge in [-0.1, -0.05) is 30.3 Å². The summed E-state index contributed by atoms with van der Waals surface area (Å²) in [5, 5.41) is 0.586. The van der Waals surface area contributed by atoms with Crippen molar-refractivity contribution in [2.75, 3.05) is 0 Å². The number of hydrogen-bond donors (Lipinski definition) is 0. The van der Waals surface area contributed by atoms with Crippen LogP contribution in [0.2, 0.25) is 0 Å². The molecule has 110 valence electrons. The molecule has 0 N–H and O–H groups in total. The Bertz CT molecular complexity index is 912. The van der Waals surface area contributed by atoms with Gasteiger partial charge in [0, 0.05) is 11.5 Å². The van der Waals surface area contributed by atoms with Crippen LogP contribution in [0.1, 0.15) is 30.1 Å². The molecule has 2 aromatic carbocycles. The van der Waals surface area contributed by atoms with Crippen LogP contribution in [-0.4, -0.2) is 9.55 Å². The Morgan fingerprint density at radius 2 is 1.82 bits per heavy atom. The zero-order valence-electron chi connectivity index (χ0n) is 12.0. The maximum Gasteiger partial charge on any atom is 0.261 e. The van der Waals surface area contributed by atoms with E-state index in [0.29, 0.717) is 16.9 Å². The summed E-state index contributed by atoms with van der Waals surface area (Å²) in [5.74, 6) is 0.820. The largest absolute Gasteiger partial charge is 0.291 e. The van der Waals surface area contributed by atoms with Crippen molar-refractivity contribution < 1.29 is 4.39 Å². The highest BCUT2D eigenvalue weighted by molar-refractivity contribution is 5.77. The molecule has 0 atom stereocenters. The lowest BCUT2D eigenvalue weighted by molar-refractivity contribution is 0.587. The zero-order valence-corrected chi connectivity index (χ0v) is 12.0. The maximum atomic E-state index is 13.9. The van der Waals surface area contributed by atoms with E-state index in [1.165, 1.54) is 6.07 Å². The van der Waals surface area contributed by atoms with Crippen LogP contribution in [0.5, 0.6) is 0 Å². The van der Waals surface area contributed by atoms with E-state index in [1.54, 1.807) is 28.8 Å².